The van der Waals surface area contributed by atoms with Crippen LogP contribution in [-0.2, 0) is 0 Å². The molecule has 1 aliphatic rings. The summed E-state index contributed by atoms with van der Waals surface area (Å²) in [5, 5.41) is 11.6. The van der Waals surface area contributed by atoms with Gasteiger partial charge in [0.15, 0.2) is 0 Å². The Morgan fingerprint density at radius 3 is 2.63 bits per heavy atom. The number of benzene rings is 1. The van der Waals surface area contributed by atoms with Gasteiger partial charge in [0.05, 0.1) is 6.04 Å². The van der Waals surface area contributed by atoms with E-state index >= 15 is 0 Å². The highest BCUT2D eigenvalue weighted by atomic mass is 16.4. The molecule has 1 aromatic carbocycles. The Bertz CT molecular complexity index is 445. The van der Waals surface area contributed by atoms with Crippen molar-refractivity contribution in [3.8, 4) is 0 Å². The quantitative estimate of drug-likeness (QED) is 0.880. The molecule has 0 bridgehead atoms. The van der Waals surface area contributed by atoms with Crippen LogP contribution in [-0.4, -0.2) is 35.2 Å². The first kappa shape index (κ1) is 13.9. The minimum absolute atomic E-state index is 0.0174. The Balaban J connectivity index is 2.09. The third kappa shape index (κ3) is 3.07. The fraction of sp³-hybridized carbons (Fsp3) is 0.533. The molecule has 104 valence electrons. The van der Waals surface area contributed by atoms with E-state index in [2.05, 4.69) is 43.1 Å². The van der Waals surface area contributed by atoms with Crippen molar-refractivity contribution in [3.05, 3.63) is 35.9 Å². The summed E-state index contributed by atoms with van der Waals surface area (Å²) in [6.07, 6.45) is -0.938. The van der Waals surface area contributed by atoms with E-state index in [1.54, 1.807) is 0 Å². The predicted molar refractivity (Wildman–Crippen MR) is 75.2 cm³/mol. The van der Waals surface area contributed by atoms with Gasteiger partial charge in [0.25, 0.3) is 0 Å². The topological polar surface area (TPSA) is 52.6 Å². The minimum Gasteiger partial charge on any atom is -0.465 e. The number of amides is 1. The van der Waals surface area contributed by atoms with E-state index in [-0.39, 0.29) is 11.5 Å². The van der Waals surface area contributed by atoms with Gasteiger partial charge in [-0.1, -0.05) is 44.2 Å². The van der Waals surface area contributed by atoms with Crippen molar-refractivity contribution in [1.82, 2.24) is 10.2 Å². The van der Waals surface area contributed by atoms with Crippen LogP contribution in [0.3, 0.4) is 0 Å². The molecule has 1 heterocycles. The highest BCUT2D eigenvalue weighted by Gasteiger charge is 2.41. The van der Waals surface area contributed by atoms with Gasteiger partial charge in [-0.15, -0.1) is 0 Å². The lowest BCUT2D eigenvalue weighted by Gasteiger charge is -2.26. The summed E-state index contributed by atoms with van der Waals surface area (Å²) >= 11 is 0. The number of nitrogens with zero attached hydrogens (tertiary/aromatic N) is 1. The molecular weight excluding hydrogens is 240 g/mol. The molecule has 0 aliphatic carbocycles. The van der Waals surface area contributed by atoms with E-state index in [0.717, 1.165) is 13.1 Å². The van der Waals surface area contributed by atoms with Crippen LogP contribution >= 0.6 is 0 Å². The highest BCUT2D eigenvalue weighted by molar-refractivity contribution is 5.65. The molecule has 4 heteroatoms. The molecule has 0 saturated carbocycles. The van der Waals surface area contributed by atoms with Crippen LogP contribution in [0.5, 0.6) is 0 Å². The zero-order chi connectivity index (χ0) is 14.0. The van der Waals surface area contributed by atoms with Crippen LogP contribution in [0.15, 0.2) is 30.3 Å². The number of rotatable bonds is 3. The van der Waals surface area contributed by atoms with E-state index in [0.29, 0.717) is 6.04 Å². The van der Waals surface area contributed by atoms with Crippen molar-refractivity contribution < 1.29 is 9.90 Å². The normalized spacial score (nSPS) is 24.1. The maximum absolute atomic E-state index is 10.9. The summed E-state index contributed by atoms with van der Waals surface area (Å²) in [6, 6.07) is 10.6. The van der Waals surface area contributed by atoms with E-state index in [1.165, 1.54) is 5.56 Å². The molecule has 0 spiro atoms. The molecule has 0 aromatic heterocycles. The first-order valence-electron chi connectivity index (χ1n) is 6.68. The standard InChI is InChI=1S/C15H22N2O2/c1-11(12-7-5-4-6-8-12)17-9-13(16-14(18)19)15(2,3)10-17/h4-8,11,13,16H,9-10H2,1-3H3,(H,18,19)/t11-,13?/m1/s1. The van der Waals surface area contributed by atoms with Gasteiger partial charge in [0.2, 0.25) is 0 Å². The SMILES string of the molecule is C[C@H](c1ccccc1)N1CC(NC(=O)O)C(C)(C)C1. The number of hydrogen-bond acceptors (Lipinski definition) is 2. The molecule has 1 unspecified atom stereocenters. The van der Waals surface area contributed by atoms with Gasteiger partial charge < -0.3 is 10.4 Å². The molecule has 4 nitrogen and oxygen atoms in total. The molecule has 0 radical (unpaired) electrons. The van der Waals surface area contributed by atoms with Crippen LogP contribution in [0.2, 0.25) is 0 Å². The number of hydrogen-bond donors (Lipinski definition) is 2. The Hall–Kier alpha value is -1.55. The zero-order valence-corrected chi connectivity index (χ0v) is 11.8. The Labute approximate surface area is 114 Å². The monoisotopic (exact) mass is 262 g/mol. The number of nitrogens with one attached hydrogen (secondary N) is 1. The van der Waals surface area contributed by atoms with E-state index in [4.69, 9.17) is 5.11 Å². The van der Waals surface area contributed by atoms with Gasteiger partial charge in [-0.2, -0.15) is 0 Å². The van der Waals surface area contributed by atoms with Crippen molar-refractivity contribution in [3.63, 3.8) is 0 Å². The van der Waals surface area contributed by atoms with Crippen LogP contribution < -0.4 is 5.32 Å². The van der Waals surface area contributed by atoms with E-state index in [9.17, 15) is 4.79 Å². The van der Waals surface area contributed by atoms with Crippen LogP contribution in [0, 0.1) is 5.41 Å². The third-order valence-electron chi connectivity index (χ3n) is 4.10. The first-order chi connectivity index (χ1) is 8.90. The molecular formula is C15H22N2O2. The van der Waals surface area contributed by atoms with Gasteiger partial charge >= 0.3 is 6.09 Å². The molecule has 1 saturated heterocycles. The first-order valence-corrected chi connectivity index (χ1v) is 6.68. The lowest BCUT2D eigenvalue weighted by Crippen LogP contribution is -2.43. The molecule has 2 atom stereocenters. The second-order valence-electron chi connectivity index (χ2n) is 6.01. The summed E-state index contributed by atoms with van der Waals surface area (Å²) in [5.74, 6) is 0. The fourth-order valence-electron chi connectivity index (χ4n) is 2.81. The molecule has 1 aliphatic heterocycles. The molecule has 2 N–H and O–H groups in total. The van der Waals surface area contributed by atoms with Crippen molar-refractivity contribution in [2.45, 2.75) is 32.9 Å². The van der Waals surface area contributed by atoms with Crippen molar-refractivity contribution in [1.29, 1.82) is 0 Å². The Kier molecular flexibility index (Phi) is 3.80. The molecule has 1 fully saturated rings. The second kappa shape index (κ2) is 5.21. The molecule has 1 aromatic rings. The summed E-state index contributed by atoms with van der Waals surface area (Å²) in [7, 11) is 0. The lowest BCUT2D eigenvalue weighted by atomic mass is 9.88. The van der Waals surface area contributed by atoms with Crippen molar-refractivity contribution >= 4 is 6.09 Å². The summed E-state index contributed by atoms with van der Waals surface area (Å²) < 4.78 is 0. The fourth-order valence-corrected chi connectivity index (χ4v) is 2.81. The van der Waals surface area contributed by atoms with Gasteiger partial charge in [0.1, 0.15) is 0 Å². The number of carboxylic acid groups (broad SMARTS) is 1. The molecule has 1 amide bonds. The largest absolute Gasteiger partial charge is 0.465 e. The predicted octanol–water partition coefficient (Wildman–Crippen LogP) is 2.73. The maximum Gasteiger partial charge on any atom is 0.404 e. The smallest absolute Gasteiger partial charge is 0.404 e. The number of carbonyl (C=O) groups is 1. The minimum atomic E-state index is -0.938. The van der Waals surface area contributed by atoms with Gasteiger partial charge in [-0.25, -0.2) is 4.79 Å². The van der Waals surface area contributed by atoms with Crippen molar-refractivity contribution in [2.24, 2.45) is 5.41 Å². The van der Waals surface area contributed by atoms with Crippen LogP contribution in [0.4, 0.5) is 4.79 Å². The van der Waals surface area contributed by atoms with Gasteiger partial charge in [-0.3, -0.25) is 4.90 Å². The summed E-state index contributed by atoms with van der Waals surface area (Å²) in [6.45, 7) is 8.06. The summed E-state index contributed by atoms with van der Waals surface area (Å²) in [5.41, 5.74) is 1.23. The van der Waals surface area contributed by atoms with Crippen molar-refractivity contribution in [2.75, 3.05) is 13.1 Å². The average molecular weight is 262 g/mol. The Morgan fingerprint density at radius 1 is 1.42 bits per heavy atom. The Morgan fingerprint density at radius 2 is 2.05 bits per heavy atom. The lowest BCUT2D eigenvalue weighted by molar-refractivity contribution is 0.181. The third-order valence-corrected chi connectivity index (χ3v) is 4.10. The highest BCUT2D eigenvalue weighted by Crippen LogP contribution is 2.34. The molecule has 19 heavy (non-hydrogen) atoms. The average Bonchev–Trinajstić information content (AvgIpc) is 2.64. The molecule has 2 rings (SSSR count). The number of likely N-dealkylation sites (tertiary alicyclic amines) is 1. The van der Waals surface area contributed by atoms with E-state index < -0.39 is 6.09 Å². The van der Waals surface area contributed by atoms with Crippen LogP contribution in [0.1, 0.15) is 32.4 Å². The van der Waals surface area contributed by atoms with Crippen LogP contribution in [0.25, 0.3) is 0 Å². The maximum atomic E-state index is 10.9. The van der Waals surface area contributed by atoms with E-state index in [1.807, 2.05) is 18.2 Å². The summed E-state index contributed by atoms with van der Waals surface area (Å²) in [4.78, 5) is 13.2. The second-order valence-corrected chi connectivity index (χ2v) is 6.01. The zero-order valence-electron chi connectivity index (χ0n) is 11.8. The van der Waals surface area contributed by atoms with Gasteiger partial charge in [0, 0.05) is 19.1 Å². The van der Waals surface area contributed by atoms with Gasteiger partial charge in [-0.05, 0) is 17.9 Å².